The molecular weight excluding hydrogens is 267 g/mol. The summed E-state index contributed by atoms with van der Waals surface area (Å²) in [5.41, 5.74) is 1.37. The zero-order valence-electron chi connectivity index (χ0n) is 16.2. The van der Waals surface area contributed by atoms with Crippen molar-refractivity contribution in [3.05, 3.63) is 23.7 Å². The van der Waals surface area contributed by atoms with Gasteiger partial charge >= 0.3 is 6.92 Å². The molecule has 0 rings (SSSR count). The molecule has 0 heterocycles. The molecule has 0 N–H and O–H groups in total. The predicted molar refractivity (Wildman–Crippen MR) is 103 cm³/mol. The van der Waals surface area contributed by atoms with Gasteiger partial charge in [-0.1, -0.05) is 90.9 Å². The average molecular weight is 306 g/mol. The first-order valence-electron chi connectivity index (χ1n) is 9.31. The van der Waals surface area contributed by atoms with Crippen LogP contribution in [0.25, 0.3) is 0 Å². The zero-order valence-corrected chi connectivity index (χ0v) is 16.2. The largest absolute Gasteiger partial charge is 0.433 e. The Morgan fingerprint density at radius 1 is 1.05 bits per heavy atom. The molecule has 0 aliphatic rings. The summed E-state index contributed by atoms with van der Waals surface area (Å²) in [6.45, 7) is 13.9. The maximum atomic E-state index is 5.93. The highest BCUT2D eigenvalue weighted by Gasteiger charge is 2.38. The summed E-state index contributed by atoms with van der Waals surface area (Å²) in [4.78, 5) is 0. The van der Waals surface area contributed by atoms with Gasteiger partial charge in [-0.15, -0.1) is 0 Å². The smallest absolute Gasteiger partial charge is 0.332 e. The molecule has 128 valence electrons. The third-order valence-corrected chi connectivity index (χ3v) is 4.92. The van der Waals surface area contributed by atoms with E-state index in [1.54, 1.807) is 0 Å². The molecule has 0 amide bonds. The minimum absolute atomic E-state index is 0.139. The molecule has 0 radical (unpaired) electrons. The number of rotatable bonds is 12. The lowest BCUT2D eigenvalue weighted by atomic mass is 9.39. The van der Waals surface area contributed by atoms with E-state index in [4.69, 9.17) is 4.65 Å². The number of allylic oxidation sites excluding steroid dienone is 4. The van der Waals surface area contributed by atoms with Crippen LogP contribution >= 0.6 is 0 Å². The van der Waals surface area contributed by atoms with E-state index < -0.39 is 0 Å². The molecule has 0 fully saturated rings. The minimum Gasteiger partial charge on any atom is -0.433 e. The lowest BCUT2D eigenvalue weighted by Crippen LogP contribution is -2.36. The molecule has 0 saturated carbocycles. The van der Waals surface area contributed by atoms with Crippen LogP contribution in [-0.4, -0.2) is 14.0 Å². The SMILES string of the molecule is CCCC/C=C(/C=C/CCCCC)B(OC)C(C)(C)C(C)C. The van der Waals surface area contributed by atoms with Crippen LogP contribution in [0.3, 0.4) is 0 Å². The summed E-state index contributed by atoms with van der Waals surface area (Å²) in [5, 5.41) is 0.139. The monoisotopic (exact) mass is 306 g/mol. The summed E-state index contributed by atoms with van der Waals surface area (Å²) in [7, 11) is 1.85. The van der Waals surface area contributed by atoms with Gasteiger partial charge in [-0.05, 0) is 30.5 Å². The lowest BCUT2D eigenvalue weighted by Gasteiger charge is -2.35. The normalized spacial score (nSPS) is 13.4. The highest BCUT2D eigenvalue weighted by atomic mass is 16.4. The second kappa shape index (κ2) is 12.0. The van der Waals surface area contributed by atoms with E-state index in [1.807, 2.05) is 7.11 Å². The maximum absolute atomic E-state index is 5.93. The molecule has 0 aromatic rings. The summed E-state index contributed by atoms with van der Waals surface area (Å²) >= 11 is 0. The van der Waals surface area contributed by atoms with Crippen LogP contribution in [0.4, 0.5) is 0 Å². The van der Waals surface area contributed by atoms with Gasteiger partial charge in [0.25, 0.3) is 0 Å². The third-order valence-electron chi connectivity index (χ3n) is 4.92. The van der Waals surface area contributed by atoms with Gasteiger partial charge in [0.15, 0.2) is 0 Å². The maximum Gasteiger partial charge on any atom is 0.332 e. The van der Waals surface area contributed by atoms with E-state index in [1.165, 1.54) is 44.0 Å². The molecule has 0 saturated heterocycles. The summed E-state index contributed by atoms with van der Waals surface area (Å²) in [6.07, 6.45) is 15.8. The van der Waals surface area contributed by atoms with E-state index in [9.17, 15) is 0 Å². The second-order valence-electron chi connectivity index (χ2n) is 7.34. The Bertz CT molecular complexity index is 329. The van der Waals surface area contributed by atoms with Crippen LogP contribution in [-0.2, 0) is 4.65 Å². The van der Waals surface area contributed by atoms with Gasteiger partial charge in [0.2, 0.25) is 0 Å². The molecule has 0 aromatic heterocycles. The second-order valence-corrected chi connectivity index (χ2v) is 7.34. The number of unbranched alkanes of at least 4 members (excludes halogenated alkanes) is 5. The fourth-order valence-electron chi connectivity index (χ4n) is 2.64. The van der Waals surface area contributed by atoms with Crippen molar-refractivity contribution >= 4 is 6.92 Å². The van der Waals surface area contributed by atoms with Crippen LogP contribution in [0, 0.1) is 5.92 Å². The summed E-state index contributed by atoms with van der Waals surface area (Å²) in [5.74, 6) is 0.584. The van der Waals surface area contributed by atoms with Gasteiger partial charge in [-0.25, -0.2) is 0 Å². The fourth-order valence-corrected chi connectivity index (χ4v) is 2.64. The van der Waals surface area contributed by atoms with E-state index in [-0.39, 0.29) is 12.2 Å². The molecule has 0 spiro atoms. The van der Waals surface area contributed by atoms with E-state index >= 15 is 0 Å². The predicted octanol–water partition coefficient (Wildman–Crippen LogP) is 6.85. The molecule has 0 unspecified atom stereocenters. The van der Waals surface area contributed by atoms with Crippen LogP contribution in [0.5, 0.6) is 0 Å². The highest BCUT2D eigenvalue weighted by Crippen LogP contribution is 2.40. The van der Waals surface area contributed by atoms with E-state index in [0.29, 0.717) is 5.92 Å². The average Bonchev–Trinajstić information content (AvgIpc) is 2.47. The molecular formula is C20H39BO. The van der Waals surface area contributed by atoms with Crippen molar-refractivity contribution in [1.82, 2.24) is 0 Å². The number of hydrogen-bond acceptors (Lipinski definition) is 1. The molecule has 0 bridgehead atoms. The van der Waals surface area contributed by atoms with Crippen molar-refractivity contribution in [3.63, 3.8) is 0 Å². The molecule has 0 aromatic carbocycles. The fraction of sp³-hybridized carbons (Fsp3) is 0.800. The molecule has 0 aliphatic carbocycles. The van der Waals surface area contributed by atoms with Crippen LogP contribution in [0.1, 0.15) is 86.5 Å². The first-order valence-corrected chi connectivity index (χ1v) is 9.31. The third kappa shape index (κ3) is 7.67. The van der Waals surface area contributed by atoms with Gasteiger partial charge in [0.05, 0.1) is 0 Å². The van der Waals surface area contributed by atoms with Crippen LogP contribution in [0.2, 0.25) is 5.31 Å². The van der Waals surface area contributed by atoms with Crippen molar-refractivity contribution in [1.29, 1.82) is 0 Å². The lowest BCUT2D eigenvalue weighted by molar-refractivity contribution is 0.354. The van der Waals surface area contributed by atoms with Crippen molar-refractivity contribution in [2.75, 3.05) is 7.11 Å². The molecule has 2 heteroatoms. The first kappa shape index (κ1) is 21.5. The van der Waals surface area contributed by atoms with Gasteiger partial charge in [0.1, 0.15) is 0 Å². The Hall–Kier alpha value is -0.495. The molecule has 22 heavy (non-hydrogen) atoms. The van der Waals surface area contributed by atoms with Crippen molar-refractivity contribution in [2.45, 2.75) is 91.8 Å². The van der Waals surface area contributed by atoms with E-state index in [2.05, 4.69) is 59.8 Å². The number of hydrogen-bond donors (Lipinski definition) is 0. The molecule has 1 nitrogen and oxygen atoms in total. The Balaban J connectivity index is 5.06. The Morgan fingerprint density at radius 2 is 1.68 bits per heavy atom. The molecule has 0 aliphatic heterocycles. The first-order chi connectivity index (χ1) is 10.4. The van der Waals surface area contributed by atoms with Crippen LogP contribution < -0.4 is 0 Å². The summed E-state index contributed by atoms with van der Waals surface area (Å²) < 4.78 is 5.93. The Kier molecular flexibility index (Phi) is 11.7. The topological polar surface area (TPSA) is 9.23 Å². The minimum atomic E-state index is 0.139. The Morgan fingerprint density at radius 3 is 2.18 bits per heavy atom. The van der Waals surface area contributed by atoms with Crippen molar-refractivity contribution in [3.8, 4) is 0 Å². The van der Waals surface area contributed by atoms with Gasteiger partial charge < -0.3 is 4.65 Å². The highest BCUT2D eigenvalue weighted by molar-refractivity contribution is 6.64. The Labute approximate surface area is 140 Å². The van der Waals surface area contributed by atoms with Gasteiger partial charge in [-0.2, -0.15) is 0 Å². The standard InChI is InChI=1S/C20H39BO/c1-8-10-12-13-15-17-19(16-14-11-9-2)21(22-7)20(5,6)18(3)4/h15-18H,8-14H2,1-7H3/b17-15+,19-16-. The van der Waals surface area contributed by atoms with E-state index in [0.717, 1.165) is 6.42 Å². The van der Waals surface area contributed by atoms with Gasteiger partial charge in [0, 0.05) is 7.11 Å². The molecule has 0 atom stereocenters. The van der Waals surface area contributed by atoms with Crippen molar-refractivity contribution in [2.24, 2.45) is 5.92 Å². The van der Waals surface area contributed by atoms with Gasteiger partial charge in [-0.3, -0.25) is 0 Å². The van der Waals surface area contributed by atoms with Crippen LogP contribution in [0.15, 0.2) is 23.7 Å². The summed E-state index contributed by atoms with van der Waals surface area (Å²) in [6, 6.07) is 0. The quantitative estimate of drug-likeness (QED) is 0.217. The van der Waals surface area contributed by atoms with Crippen molar-refractivity contribution < 1.29 is 4.65 Å². The zero-order chi connectivity index (χ0) is 17.0.